The molecule has 4 rings (SSSR count). The molecule has 0 bridgehead atoms. The van der Waals surface area contributed by atoms with Crippen molar-refractivity contribution in [1.29, 1.82) is 0 Å². The molecule has 2 atom stereocenters. The van der Waals surface area contributed by atoms with Crippen molar-refractivity contribution in [3.8, 4) is 5.88 Å². The monoisotopic (exact) mass is 473 g/mol. The third-order valence-electron chi connectivity index (χ3n) is 6.80. The van der Waals surface area contributed by atoms with Crippen LogP contribution in [0.5, 0.6) is 5.88 Å². The maximum absolute atomic E-state index is 13.1. The van der Waals surface area contributed by atoms with E-state index in [1.165, 1.54) is 6.07 Å². The molecule has 2 saturated heterocycles. The Labute approximate surface area is 195 Å². The number of amides is 1. The second-order valence-electron chi connectivity index (χ2n) is 9.29. The van der Waals surface area contributed by atoms with Crippen LogP contribution in [0, 0.1) is 11.8 Å². The third kappa shape index (κ3) is 4.96. The summed E-state index contributed by atoms with van der Waals surface area (Å²) >= 11 is 0. The predicted octanol–water partition coefficient (Wildman–Crippen LogP) is 2.21. The minimum Gasteiger partial charge on any atom is -0.477 e. The van der Waals surface area contributed by atoms with E-state index >= 15 is 0 Å². The summed E-state index contributed by atoms with van der Waals surface area (Å²) in [6.07, 6.45) is 3.59. The van der Waals surface area contributed by atoms with Gasteiger partial charge in [-0.05, 0) is 57.4 Å². The van der Waals surface area contributed by atoms with Gasteiger partial charge >= 0.3 is 0 Å². The second kappa shape index (κ2) is 9.26. The predicted molar refractivity (Wildman–Crippen MR) is 125 cm³/mol. The van der Waals surface area contributed by atoms with Crippen LogP contribution in [-0.2, 0) is 10.0 Å². The molecule has 33 heavy (non-hydrogen) atoms. The van der Waals surface area contributed by atoms with E-state index in [-0.39, 0.29) is 22.0 Å². The Morgan fingerprint density at radius 3 is 2.79 bits per heavy atom. The molecule has 4 heterocycles. The summed E-state index contributed by atoms with van der Waals surface area (Å²) in [5.74, 6) is 0.736. The molecule has 2 N–H and O–H groups in total. The molecule has 0 saturated carbocycles. The number of nitrogens with zero attached hydrogens (tertiary/aromatic N) is 3. The first kappa shape index (κ1) is 23.4. The summed E-state index contributed by atoms with van der Waals surface area (Å²) in [6, 6.07) is 7.73. The molecule has 1 amide bonds. The molecule has 0 radical (unpaired) electrons. The molecule has 2 aliphatic heterocycles. The summed E-state index contributed by atoms with van der Waals surface area (Å²) in [6.45, 7) is 9.40. The van der Waals surface area contributed by atoms with Crippen molar-refractivity contribution < 1.29 is 17.9 Å². The van der Waals surface area contributed by atoms with E-state index in [0.29, 0.717) is 24.3 Å². The van der Waals surface area contributed by atoms with E-state index in [4.69, 9.17) is 4.74 Å². The van der Waals surface area contributed by atoms with Gasteiger partial charge in [-0.3, -0.25) is 4.79 Å². The molecule has 0 aliphatic carbocycles. The zero-order valence-electron chi connectivity index (χ0n) is 19.2. The van der Waals surface area contributed by atoms with E-state index in [2.05, 4.69) is 45.7 Å². The summed E-state index contributed by atoms with van der Waals surface area (Å²) in [7, 11) is -4.20. The van der Waals surface area contributed by atoms with Crippen molar-refractivity contribution in [3.05, 3.63) is 42.1 Å². The van der Waals surface area contributed by atoms with Gasteiger partial charge in [0.15, 0.2) is 5.03 Å². The smallest absolute Gasteiger partial charge is 0.281 e. The summed E-state index contributed by atoms with van der Waals surface area (Å²) in [4.78, 5) is 23.7. The number of sulfonamides is 1. The first-order valence-corrected chi connectivity index (χ1v) is 12.8. The van der Waals surface area contributed by atoms with Gasteiger partial charge in [-0.25, -0.2) is 9.71 Å². The van der Waals surface area contributed by atoms with Gasteiger partial charge in [-0.2, -0.15) is 13.4 Å². The maximum atomic E-state index is 13.1. The Bertz CT molecular complexity index is 1120. The summed E-state index contributed by atoms with van der Waals surface area (Å²) < 4.78 is 33.7. The van der Waals surface area contributed by atoms with Crippen LogP contribution in [0.2, 0.25) is 0 Å². The fourth-order valence-electron chi connectivity index (χ4n) is 4.31. The third-order valence-corrected chi connectivity index (χ3v) is 8.04. The molecule has 2 aliphatic rings. The molecule has 2 aromatic heterocycles. The maximum Gasteiger partial charge on any atom is 0.281 e. The standard InChI is InChI=1S/C23H31N5O4S/c1-16-10-13-28(23(16,2)3)21-18(6-5-11-25-21)22(29)27-33(30,31)20-8-4-7-19(26-20)32-15-17-9-12-24-14-17/h4-8,11,16-17,24H,9-10,12-15H2,1-3H3,(H,27,29). The highest BCUT2D eigenvalue weighted by atomic mass is 32.2. The SMILES string of the molecule is CC1CCN(c2ncccc2C(=O)NS(=O)(=O)c2cccc(OCC3CCNC3)n2)C1(C)C. The van der Waals surface area contributed by atoms with Crippen LogP contribution in [0.1, 0.15) is 44.0 Å². The topological polar surface area (TPSA) is 114 Å². The lowest BCUT2D eigenvalue weighted by molar-refractivity contribution is 0.0981. The van der Waals surface area contributed by atoms with Crippen molar-refractivity contribution in [2.75, 3.05) is 31.1 Å². The molecule has 10 heteroatoms. The van der Waals surface area contributed by atoms with E-state index in [9.17, 15) is 13.2 Å². The Balaban J connectivity index is 1.51. The Hall–Kier alpha value is -2.72. The molecule has 2 aromatic rings. The van der Waals surface area contributed by atoms with Crippen LogP contribution in [0.25, 0.3) is 0 Å². The largest absolute Gasteiger partial charge is 0.477 e. The number of anilines is 1. The molecule has 178 valence electrons. The minimum atomic E-state index is -4.20. The Morgan fingerprint density at radius 2 is 2.09 bits per heavy atom. The molecule has 0 spiro atoms. The number of ether oxygens (including phenoxy) is 1. The summed E-state index contributed by atoms with van der Waals surface area (Å²) in [5, 5.41) is 3.00. The van der Waals surface area contributed by atoms with Crippen molar-refractivity contribution in [3.63, 3.8) is 0 Å². The van der Waals surface area contributed by atoms with Gasteiger partial charge in [-0.15, -0.1) is 0 Å². The van der Waals surface area contributed by atoms with Crippen molar-refractivity contribution >= 4 is 21.7 Å². The first-order valence-electron chi connectivity index (χ1n) is 11.3. The lowest BCUT2D eigenvalue weighted by atomic mass is 9.90. The fraction of sp³-hybridized carbons (Fsp3) is 0.522. The molecule has 9 nitrogen and oxygen atoms in total. The highest BCUT2D eigenvalue weighted by molar-refractivity contribution is 7.90. The quantitative estimate of drug-likeness (QED) is 0.629. The Morgan fingerprint density at radius 1 is 1.27 bits per heavy atom. The number of hydrogen-bond acceptors (Lipinski definition) is 8. The van der Waals surface area contributed by atoms with Gasteiger partial charge < -0.3 is 15.0 Å². The van der Waals surface area contributed by atoms with Gasteiger partial charge in [-0.1, -0.05) is 13.0 Å². The zero-order chi connectivity index (χ0) is 23.6. The molecule has 2 unspecified atom stereocenters. The van der Waals surface area contributed by atoms with Crippen molar-refractivity contribution in [1.82, 2.24) is 20.0 Å². The number of carbonyl (C=O) groups excluding carboxylic acids is 1. The Kier molecular flexibility index (Phi) is 6.58. The van der Waals surface area contributed by atoms with Crippen molar-refractivity contribution in [2.45, 2.75) is 44.2 Å². The van der Waals surface area contributed by atoms with E-state index in [0.717, 1.165) is 32.5 Å². The first-order chi connectivity index (χ1) is 15.7. The lowest BCUT2D eigenvalue weighted by Crippen LogP contribution is -2.43. The molecular formula is C23H31N5O4S. The minimum absolute atomic E-state index is 0.204. The van der Waals surface area contributed by atoms with Gasteiger partial charge in [0.05, 0.1) is 12.2 Å². The van der Waals surface area contributed by atoms with E-state index in [1.54, 1.807) is 30.5 Å². The average molecular weight is 474 g/mol. The van der Waals surface area contributed by atoms with Crippen LogP contribution in [0.4, 0.5) is 5.82 Å². The van der Waals surface area contributed by atoms with Crippen LogP contribution in [0.3, 0.4) is 0 Å². The fourth-order valence-corrected chi connectivity index (χ4v) is 5.24. The van der Waals surface area contributed by atoms with Crippen molar-refractivity contribution in [2.24, 2.45) is 11.8 Å². The van der Waals surface area contributed by atoms with Crippen LogP contribution in [-0.4, -0.2) is 56.1 Å². The number of hydrogen-bond donors (Lipinski definition) is 2. The molecule has 0 aromatic carbocycles. The van der Waals surface area contributed by atoms with Gasteiger partial charge in [0.2, 0.25) is 5.88 Å². The number of nitrogens with one attached hydrogen (secondary N) is 2. The zero-order valence-corrected chi connectivity index (χ0v) is 20.1. The number of rotatable bonds is 7. The lowest BCUT2D eigenvalue weighted by Gasteiger charge is -2.36. The number of aromatic nitrogens is 2. The van der Waals surface area contributed by atoms with Crippen LogP contribution < -0.4 is 19.7 Å². The summed E-state index contributed by atoms with van der Waals surface area (Å²) in [5.41, 5.74) is 0.00835. The number of carbonyl (C=O) groups is 1. The van der Waals surface area contributed by atoms with Crippen LogP contribution >= 0.6 is 0 Å². The van der Waals surface area contributed by atoms with Gasteiger partial charge in [0.1, 0.15) is 5.82 Å². The van der Waals surface area contributed by atoms with E-state index < -0.39 is 15.9 Å². The molecule has 2 fully saturated rings. The van der Waals surface area contributed by atoms with E-state index in [1.807, 2.05) is 0 Å². The molecular weight excluding hydrogens is 442 g/mol. The number of pyridine rings is 2. The van der Waals surface area contributed by atoms with Crippen LogP contribution in [0.15, 0.2) is 41.6 Å². The highest BCUT2D eigenvalue weighted by Crippen LogP contribution is 2.38. The van der Waals surface area contributed by atoms with Gasteiger partial charge in [0.25, 0.3) is 15.9 Å². The van der Waals surface area contributed by atoms with Gasteiger partial charge in [0, 0.05) is 36.8 Å². The average Bonchev–Trinajstić information content (AvgIpc) is 3.40. The second-order valence-corrected chi connectivity index (χ2v) is 10.9. The highest BCUT2D eigenvalue weighted by Gasteiger charge is 2.40. The normalized spacial score (nSPS) is 22.3.